The van der Waals surface area contributed by atoms with E-state index in [1.54, 1.807) is 17.0 Å². The summed E-state index contributed by atoms with van der Waals surface area (Å²) in [5, 5.41) is 2.63. The van der Waals surface area contributed by atoms with Crippen LogP contribution in [0.15, 0.2) is 18.3 Å². The Morgan fingerprint density at radius 2 is 1.92 bits per heavy atom. The standard InChI is InChI=1S/C18H26N4O3/c1-25-16-8-7-14(12-19-16)20-17(23)18(24)22-11-3-2-6-15(13-22)21-9-4-5-10-21/h7-8,12,15H,2-6,9-11,13H2,1H3,(H,20,23). The predicted octanol–water partition coefficient (Wildman–Crippen LogP) is 1.51. The fourth-order valence-corrected chi connectivity index (χ4v) is 3.61. The van der Waals surface area contributed by atoms with E-state index < -0.39 is 11.8 Å². The monoisotopic (exact) mass is 346 g/mol. The zero-order chi connectivity index (χ0) is 17.6. The van der Waals surface area contributed by atoms with E-state index in [0.717, 1.165) is 32.4 Å². The van der Waals surface area contributed by atoms with Crippen molar-refractivity contribution in [3.8, 4) is 5.88 Å². The lowest BCUT2D eigenvalue weighted by atomic mass is 10.1. The molecule has 1 unspecified atom stereocenters. The van der Waals surface area contributed by atoms with Gasteiger partial charge in [0, 0.05) is 25.2 Å². The molecule has 7 nitrogen and oxygen atoms in total. The van der Waals surface area contributed by atoms with Crippen LogP contribution in [0.4, 0.5) is 5.69 Å². The van der Waals surface area contributed by atoms with Crippen LogP contribution in [-0.4, -0.2) is 65.9 Å². The summed E-state index contributed by atoms with van der Waals surface area (Å²) in [5.41, 5.74) is 0.491. The number of anilines is 1. The van der Waals surface area contributed by atoms with E-state index in [0.29, 0.717) is 30.7 Å². The molecular formula is C18H26N4O3. The summed E-state index contributed by atoms with van der Waals surface area (Å²) in [6.45, 7) is 3.51. The molecule has 0 bridgehead atoms. The number of likely N-dealkylation sites (tertiary alicyclic amines) is 2. The van der Waals surface area contributed by atoms with Gasteiger partial charge in [0.1, 0.15) is 0 Å². The van der Waals surface area contributed by atoms with Crippen molar-refractivity contribution in [2.75, 3.05) is 38.6 Å². The van der Waals surface area contributed by atoms with Crippen LogP contribution < -0.4 is 10.1 Å². The molecule has 1 aromatic heterocycles. The van der Waals surface area contributed by atoms with Gasteiger partial charge in [-0.3, -0.25) is 14.5 Å². The number of methoxy groups -OCH3 is 1. The van der Waals surface area contributed by atoms with Crippen LogP contribution in [0, 0.1) is 0 Å². The van der Waals surface area contributed by atoms with Gasteiger partial charge in [0.05, 0.1) is 19.0 Å². The number of carbonyl (C=O) groups excluding carboxylic acids is 2. The molecule has 0 spiro atoms. The maximum Gasteiger partial charge on any atom is 0.313 e. The van der Waals surface area contributed by atoms with Crippen molar-refractivity contribution in [2.45, 2.75) is 38.1 Å². The average molecular weight is 346 g/mol. The molecule has 0 aliphatic carbocycles. The lowest BCUT2D eigenvalue weighted by Crippen LogP contribution is -2.47. The number of hydrogen-bond acceptors (Lipinski definition) is 5. The summed E-state index contributed by atoms with van der Waals surface area (Å²) >= 11 is 0. The first-order valence-corrected chi connectivity index (χ1v) is 9.01. The van der Waals surface area contributed by atoms with Crippen LogP contribution in [0.25, 0.3) is 0 Å². The van der Waals surface area contributed by atoms with Gasteiger partial charge in [-0.2, -0.15) is 0 Å². The summed E-state index contributed by atoms with van der Waals surface area (Å²) in [7, 11) is 1.53. The minimum absolute atomic E-state index is 0.379. The second kappa shape index (κ2) is 8.29. The largest absolute Gasteiger partial charge is 0.481 e. The van der Waals surface area contributed by atoms with Gasteiger partial charge >= 0.3 is 11.8 Å². The maximum absolute atomic E-state index is 12.6. The molecule has 1 atom stereocenters. The Hall–Kier alpha value is -2.15. The molecule has 2 saturated heterocycles. The van der Waals surface area contributed by atoms with Crippen LogP contribution in [0.2, 0.25) is 0 Å². The van der Waals surface area contributed by atoms with Crippen molar-refractivity contribution in [3.63, 3.8) is 0 Å². The molecule has 0 radical (unpaired) electrons. The number of hydrogen-bond donors (Lipinski definition) is 1. The van der Waals surface area contributed by atoms with Crippen LogP contribution in [0.1, 0.15) is 32.1 Å². The molecule has 2 aliphatic heterocycles. The number of pyridine rings is 1. The molecule has 25 heavy (non-hydrogen) atoms. The van der Waals surface area contributed by atoms with Crippen molar-refractivity contribution < 1.29 is 14.3 Å². The molecule has 1 N–H and O–H groups in total. The van der Waals surface area contributed by atoms with Crippen LogP contribution in [-0.2, 0) is 9.59 Å². The molecule has 3 rings (SSSR count). The van der Waals surface area contributed by atoms with Crippen molar-refractivity contribution in [3.05, 3.63) is 18.3 Å². The van der Waals surface area contributed by atoms with E-state index in [1.807, 2.05) is 0 Å². The number of nitrogens with zero attached hydrogens (tertiary/aromatic N) is 3. The van der Waals surface area contributed by atoms with Crippen molar-refractivity contribution in [2.24, 2.45) is 0 Å². The second-order valence-electron chi connectivity index (χ2n) is 6.69. The Bertz CT molecular complexity index is 599. The Morgan fingerprint density at radius 1 is 1.16 bits per heavy atom. The highest BCUT2D eigenvalue weighted by molar-refractivity contribution is 6.39. The van der Waals surface area contributed by atoms with Gasteiger partial charge in [0.2, 0.25) is 5.88 Å². The summed E-state index contributed by atoms with van der Waals surface area (Å²) < 4.78 is 4.99. The average Bonchev–Trinajstić information content (AvgIpc) is 3.06. The first-order valence-electron chi connectivity index (χ1n) is 9.01. The minimum Gasteiger partial charge on any atom is -0.481 e. The Kier molecular flexibility index (Phi) is 5.86. The van der Waals surface area contributed by atoms with Gasteiger partial charge in [0.25, 0.3) is 0 Å². The minimum atomic E-state index is -0.603. The van der Waals surface area contributed by atoms with Gasteiger partial charge in [0.15, 0.2) is 0 Å². The molecule has 2 fully saturated rings. The number of nitrogens with one attached hydrogen (secondary N) is 1. The van der Waals surface area contributed by atoms with E-state index in [4.69, 9.17) is 4.74 Å². The zero-order valence-corrected chi connectivity index (χ0v) is 14.7. The smallest absolute Gasteiger partial charge is 0.313 e. The van der Waals surface area contributed by atoms with Crippen molar-refractivity contribution in [1.82, 2.24) is 14.8 Å². The molecule has 1 aromatic rings. The van der Waals surface area contributed by atoms with E-state index in [2.05, 4.69) is 15.2 Å². The third-order valence-electron chi connectivity index (χ3n) is 4.99. The highest BCUT2D eigenvalue weighted by atomic mass is 16.5. The molecule has 0 aromatic carbocycles. The van der Waals surface area contributed by atoms with Gasteiger partial charge in [-0.15, -0.1) is 0 Å². The Labute approximate surface area is 148 Å². The highest BCUT2D eigenvalue weighted by Crippen LogP contribution is 2.20. The van der Waals surface area contributed by atoms with Crippen LogP contribution in [0.3, 0.4) is 0 Å². The van der Waals surface area contributed by atoms with E-state index >= 15 is 0 Å². The first-order chi connectivity index (χ1) is 12.2. The van der Waals surface area contributed by atoms with E-state index in [9.17, 15) is 9.59 Å². The quantitative estimate of drug-likeness (QED) is 0.840. The lowest BCUT2D eigenvalue weighted by Gasteiger charge is -2.30. The van der Waals surface area contributed by atoms with Gasteiger partial charge in [-0.1, -0.05) is 6.42 Å². The SMILES string of the molecule is COc1ccc(NC(=O)C(=O)N2CCCCC(N3CCCC3)C2)cn1. The normalized spacial score (nSPS) is 21.6. The first kappa shape index (κ1) is 17.7. The number of carbonyl (C=O) groups is 2. The highest BCUT2D eigenvalue weighted by Gasteiger charge is 2.30. The van der Waals surface area contributed by atoms with Crippen LogP contribution >= 0.6 is 0 Å². The topological polar surface area (TPSA) is 74.8 Å². The Balaban J connectivity index is 1.60. The zero-order valence-electron chi connectivity index (χ0n) is 14.7. The lowest BCUT2D eigenvalue weighted by molar-refractivity contribution is -0.143. The van der Waals surface area contributed by atoms with Crippen molar-refractivity contribution >= 4 is 17.5 Å². The molecule has 2 amide bonds. The molecule has 3 heterocycles. The van der Waals surface area contributed by atoms with Gasteiger partial charge in [-0.25, -0.2) is 4.98 Å². The third-order valence-corrected chi connectivity index (χ3v) is 4.99. The van der Waals surface area contributed by atoms with Gasteiger partial charge in [-0.05, 0) is 44.8 Å². The number of aromatic nitrogens is 1. The molecule has 136 valence electrons. The fourth-order valence-electron chi connectivity index (χ4n) is 3.61. The van der Waals surface area contributed by atoms with E-state index in [-0.39, 0.29) is 0 Å². The molecule has 0 saturated carbocycles. The van der Waals surface area contributed by atoms with Gasteiger partial charge < -0.3 is 15.0 Å². The summed E-state index contributed by atoms with van der Waals surface area (Å²) in [4.78, 5) is 33.1. The molecule has 2 aliphatic rings. The van der Waals surface area contributed by atoms with E-state index in [1.165, 1.54) is 26.1 Å². The second-order valence-corrected chi connectivity index (χ2v) is 6.69. The number of amides is 2. The maximum atomic E-state index is 12.6. The molecular weight excluding hydrogens is 320 g/mol. The summed E-state index contributed by atoms with van der Waals surface area (Å²) in [5.74, 6) is -0.596. The summed E-state index contributed by atoms with van der Waals surface area (Å²) in [6.07, 6.45) is 7.11. The number of ether oxygens (including phenoxy) is 1. The number of rotatable bonds is 3. The fraction of sp³-hybridized carbons (Fsp3) is 0.611. The van der Waals surface area contributed by atoms with Crippen LogP contribution in [0.5, 0.6) is 5.88 Å². The van der Waals surface area contributed by atoms with Crippen molar-refractivity contribution in [1.29, 1.82) is 0 Å². The summed E-state index contributed by atoms with van der Waals surface area (Å²) in [6, 6.07) is 3.70. The molecule has 7 heteroatoms. The Morgan fingerprint density at radius 3 is 2.60 bits per heavy atom. The third kappa shape index (κ3) is 4.48. The predicted molar refractivity (Wildman–Crippen MR) is 94.4 cm³/mol.